The monoisotopic (exact) mass is 225 g/mol. The number of aryl methyl sites for hydroxylation is 1. The normalized spacial score (nSPS) is 14.8. The van der Waals surface area contributed by atoms with Crippen molar-refractivity contribution in [1.29, 1.82) is 0 Å². The van der Waals surface area contributed by atoms with E-state index in [2.05, 4.69) is 5.32 Å². The molecule has 2 nitrogen and oxygen atoms in total. The summed E-state index contributed by atoms with van der Waals surface area (Å²) in [5.41, 5.74) is 2.15. The lowest BCUT2D eigenvalue weighted by molar-refractivity contribution is 0.0856. The Kier molecular flexibility index (Phi) is 4.90. The third kappa shape index (κ3) is 3.29. The van der Waals surface area contributed by atoms with Gasteiger partial charge in [-0.1, -0.05) is 6.07 Å². The van der Waals surface area contributed by atoms with Crippen molar-refractivity contribution >= 4 is 0 Å². The summed E-state index contributed by atoms with van der Waals surface area (Å²) in [6, 6.07) is 5.16. The van der Waals surface area contributed by atoms with Crippen molar-refractivity contribution in [1.82, 2.24) is 5.32 Å². The number of methoxy groups -OCH3 is 1. The highest BCUT2D eigenvalue weighted by Gasteiger charge is 2.16. The largest absolute Gasteiger partial charge is 0.380 e. The van der Waals surface area contributed by atoms with Crippen molar-refractivity contribution in [2.75, 3.05) is 14.2 Å². The van der Waals surface area contributed by atoms with Crippen molar-refractivity contribution in [2.45, 2.75) is 32.4 Å². The number of hydrogen-bond donors (Lipinski definition) is 1. The first-order chi connectivity index (χ1) is 7.58. The second kappa shape index (κ2) is 5.97. The minimum absolute atomic E-state index is 0.134. The number of likely N-dealkylation sites (N-methyl/N-ethyl adjacent to an activating group) is 1. The van der Waals surface area contributed by atoms with Crippen LogP contribution in [0.5, 0.6) is 0 Å². The quantitative estimate of drug-likeness (QED) is 0.830. The molecule has 0 heterocycles. The van der Waals surface area contributed by atoms with Crippen molar-refractivity contribution < 1.29 is 9.13 Å². The van der Waals surface area contributed by atoms with E-state index in [1.165, 1.54) is 6.07 Å². The van der Waals surface area contributed by atoms with Crippen molar-refractivity contribution in [2.24, 2.45) is 0 Å². The maximum absolute atomic E-state index is 13.0. The Bertz CT molecular complexity index is 341. The second-order valence-electron chi connectivity index (χ2n) is 4.11. The molecule has 0 radical (unpaired) electrons. The molecule has 1 rings (SSSR count). The average molecular weight is 225 g/mol. The van der Waals surface area contributed by atoms with Crippen LogP contribution in [-0.4, -0.2) is 26.3 Å². The van der Waals surface area contributed by atoms with Crippen LogP contribution < -0.4 is 5.32 Å². The van der Waals surface area contributed by atoms with Gasteiger partial charge >= 0.3 is 0 Å². The summed E-state index contributed by atoms with van der Waals surface area (Å²) in [6.07, 6.45) is 0.979. The smallest absolute Gasteiger partial charge is 0.123 e. The van der Waals surface area contributed by atoms with E-state index in [1.54, 1.807) is 13.2 Å². The van der Waals surface area contributed by atoms with E-state index in [0.717, 1.165) is 17.5 Å². The Morgan fingerprint density at radius 1 is 1.44 bits per heavy atom. The first kappa shape index (κ1) is 13.1. The molecule has 2 unspecified atom stereocenters. The third-order valence-corrected chi connectivity index (χ3v) is 3.05. The molecule has 3 heteroatoms. The number of rotatable bonds is 5. The molecule has 0 spiro atoms. The van der Waals surface area contributed by atoms with E-state index < -0.39 is 0 Å². The second-order valence-corrected chi connectivity index (χ2v) is 4.11. The number of halogens is 1. The molecule has 0 aromatic heterocycles. The lowest BCUT2D eigenvalue weighted by atomic mass is 9.98. The molecule has 0 aliphatic rings. The van der Waals surface area contributed by atoms with Crippen LogP contribution in [0.1, 0.15) is 18.1 Å². The number of ether oxygens (including phenoxy) is 1. The maximum atomic E-state index is 13.0. The Hall–Kier alpha value is -0.930. The molecule has 90 valence electrons. The van der Waals surface area contributed by atoms with Gasteiger partial charge in [0.1, 0.15) is 5.82 Å². The highest BCUT2D eigenvalue weighted by molar-refractivity contribution is 5.27. The summed E-state index contributed by atoms with van der Waals surface area (Å²) in [4.78, 5) is 0. The Morgan fingerprint density at radius 3 is 2.62 bits per heavy atom. The van der Waals surface area contributed by atoms with Crippen LogP contribution in [0.4, 0.5) is 4.39 Å². The zero-order valence-electron chi connectivity index (χ0n) is 10.4. The van der Waals surface area contributed by atoms with E-state index in [1.807, 2.05) is 27.0 Å². The number of nitrogens with one attached hydrogen (secondary N) is 1. The topological polar surface area (TPSA) is 21.3 Å². The number of benzene rings is 1. The van der Waals surface area contributed by atoms with Crippen molar-refractivity contribution in [3.8, 4) is 0 Å². The zero-order chi connectivity index (χ0) is 12.1. The molecular formula is C13H20FNO. The molecule has 0 aliphatic heterocycles. The molecule has 1 aromatic rings. The van der Waals surface area contributed by atoms with Gasteiger partial charge in [0.2, 0.25) is 0 Å². The van der Waals surface area contributed by atoms with Gasteiger partial charge in [0.05, 0.1) is 6.10 Å². The van der Waals surface area contributed by atoms with Crippen LogP contribution in [0.15, 0.2) is 18.2 Å². The van der Waals surface area contributed by atoms with E-state index in [0.29, 0.717) is 0 Å². The van der Waals surface area contributed by atoms with Gasteiger partial charge in [0, 0.05) is 13.2 Å². The van der Waals surface area contributed by atoms with Crippen LogP contribution in [0.25, 0.3) is 0 Å². The van der Waals surface area contributed by atoms with Crippen LogP contribution in [0.2, 0.25) is 0 Å². The van der Waals surface area contributed by atoms with E-state index >= 15 is 0 Å². The first-order valence-corrected chi connectivity index (χ1v) is 5.53. The van der Waals surface area contributed by atoms with Gasteiger partial charge in [-0.15, -0.1) is 0 Å². The molecule has 0 bridgehead atoms. The zero-order valence-corrected chi connectivity index (χ0v) is 10.4. The van der Waals surface area contributed by atoms with Crippen molar-refractivity contribution in [3.63, 3.8) is 0 Å². The SMILES string of the molecule is CNC(Cc1ccc(F)cc1C)C(C)OC. The Balaban J connectivity index is 2.78. The fourth-order valence-electron chi connectivity index (χ4n) is 1.79. The maximum Gasteiger partial charge on any atom is 0.123 e. The van der Waals surface area contributed by atoms with Crippen molar-refractivity contribution in [3.05, 3.63) is 35.1 Å². The molecule has 0 aliphatic carbocycles. The molecule has 0 saturated carbocycles. The molecule has 16 heavy (non-hydrogen) atoms. The molecule has 1 N–H and O–H groups in total. The van der Waals surface area contributed by atoms with Crippen LogP contribution in [0, 0.1) is 12.7 Å². The van der Waals surface area contributed by atoms with Crippen LogP contribution in [0.3, 0.4) is 0 Å². The molecular weight excluding hydrogens is 205 g/mol. The predicted octanol–water partition coefficient (Wildman–Crippen LogP) is 2.30. The van der Waals surface area contributed by atoms with Crippen LogP contribution in [-0.2, 0) is 11.2 Å². The molecule has 0 saturated heterocycles. The molecule has 0 fully saturated rings. The fraction of sp³-hybridized carbons (Fsp3) is 0.538. The van der Waals surface area contributed by atoms with Gasteiger partial charge in [-0.3, -0.25) is 0 Å². The summed E-state index contributed by atoms with van der Waals surface area (Å²) in [7, 11) is 3.62. The summed E-state index contributed by atoms with van der Waals surface area (Å²) < 4.78 is 18.3. The van der Waals surface area contributed by atoms with E-state index in [4.69, 9.17) is 4.74 Å². The highest BCUT2D eigenvalue weighted by Crippen LogP contribution is 2.14. The number of hydrogen-bond acceptors (Lipinski definition) is 2. The van der Waals surface area contributed by atoms with Gasteiger partial charge in [0.15, 0.2) is 0 Å². The lowest BCUT2D eigenvalue weighted by Gasteiger charge is -2.23. The summed E-state index contributed by atoms with van der Waals surface area (Å²) >= 11 is 0. The van der Waals surface area contributed by atoms with Gasteiger partial charge in [0.25, 0.3) is 0 Å². The minimum atomic E-state index is -0.179. The lowest BCUT2D eigenvalue weighted by Crippen LogP contribution is -2.38. The summed E-state index contributed by atoms with van der Waals surface area (Å²) in [5, 5.41) is 3.22. The van der Waals surface area contributed by atoms with Gasteiger partial charge in [-0.25, -0.2) is 4.39 Å². The molecule has 1 aromatic carbocycles. The van der Waals surface area contributed by atoms with Gasteiger partial charge < -0.3 is 10.1 Å². The van der Waals surface area contributed by atoms with Gasteiger partial charge in [-0.05, 0) is 50.6 Å². The van der Waals surface area contributed by atoms with Crippen LogP contribution >= 0.6 is 0 Å². The highest BCUT2D eigenvalue weighted by atomic mass is 19.1. The third-order valence-electron chi connectivity index (χ3n) is 3.05. The van der Waals surface area contributed by atoms with Gasteiger partial charge in [-0.2, -0.15) is 0 Å². The Morgan fingerprint density at radius 2 is 2.12 bits per heavy atom. The average Bonchev–Trinajstić information content (AvgIpc) is 2.27. The Labute approximate surface area is 96.8 Å². The molecule has 0 amide bonds. The van der Waals surface area contributed by atoms with E-state index in [9.17, 15) is 4.39 Å². The summed E-state index contributed by atoms with van der Waals surface area (Å²) in [5.74, 6) is -0.179. The first-order valence-electron chi connectivity index (χ1n) is 5.53. The standard InChI is InChI=1S/C13H20FNO/c1-9-7-12(14)6-5-11(9)8-13(15-3)10(2)16-4/h5-7,10,13,15H,8H2,1-4H3. The van der Waals surface area contributed by atoms with E-state index in [-0.39, 0.29) is 18.0 Å². The summed E-state index contributed by atoms with van der Waals surface area (Å²) in [6.45, 7) is 3.96. The fourth-order valence-corrected chi connectivity index (χ4v) is 1.79. The predicted molar refractivity (Wildman–Crippen MR) is 64.2 cm³/mol. The minimum Gasteiger partial charge on any atom is -0.380 e. The molecule has 2 atom stereocenters.